The standard InChI is InChI=1S/C12H20N2O4/c1-4-6-13(3)12(17)14(5-2)10-8-18-7-9(10)11(15)16/h4,9-10H,1,5-8H2,2-3H3,(H,15,16). The number of hydrogen-bond acceptors (Lipinski definition) is 3. The molecule has 2 unspecified atom stereocenters. The minimum Gasteiger partial charge on any atom is -0.481 e. The third-order valence-electron chi connectivity index (χ3n) is 3.08. The van der Waals surface area contributed by atoms with E-state index >= 15 is 0 Å². The normalized spacial score (nSPS) is 22.6. The van der Waals surface area contributed by atoms with Gasteiger partial charge in [0.2, 0.25) is 0 Å². The zero-order valence-electron chi connectivity index (χ0n) is 10.8. The van der Waals surface area contributed by atoms with Gasteiger partial charge in [-0.2, -0.15) is 0 Å². The summed E-state index contributed by atoms with van der Waals surface area (Å²) < 4.78 is 5.19. The second-order valence-corrected chi connectivity index (χ2v) is 4.29. The summed E-state index contributed by atoms with van der Waals surface area (Å²) in [6, 6.07) is -0.591. The summed E-state index contributed by atoms with van der Waals surface area (Å²) in [7, 11) is 1.66. The Morgan fingerprint density at radius 1 is 1.50 bits per heavy atom. The molecule has 6 nitrogen and oxygen atoms in total. The van der Waals surface area contributed by atoms with Crippen LogP contribution in [0.15, 0.2) is 12.7 Å². The van der Waals surface area contributed by atoms with Crippen LogP contribution in [0, 0.1) is 5.92 Å². The Bertz CT molecular complexity index is 332. The third kappa shape index (κ3) is 3.01. The van der Waals surface area contributed by atoms with Crippen molar-refractivity contribution in [3.05, 3.63) is 12.7 Å². The van der Waals surface area contributed by atoms with Crippen LogP contribution in [0.2, 0.25) is 0 Å². The number of carboxylic acid groups (broad SMARTS) is 1. The molecule has 0 saturated carbocycles. The molecule has 0 aromatic rings. The Balaban J connectivity index is 2.79. The van der Waals surface area contributed by atoms with Gasteiger partial charge in [-0.1, -0.05) is 6.08 Å². The van der Waals surface area contributed by atoms with Gasteiger partial charge < -0.3 is 19.6 Å². The molecule has 0 spiro atoms. The molecular weight excluding hydrogens is 236 g/mol. The van der Waals surface area contributed by atoms with Crippen molar-refractivity contribution in [3.8, 4) is 0 Å². The van der Waals surface area contributed by atoms with E-state index in [9.17, 15) is 9.59 Å². The number of carbonyl (C=O) groups is 2. The SMILES string of the molecule is C=CCN(C)C(=O)N(CC)C1COCC1C(=O)O. The average molecular weight is 256 g/mol. The molecule has 0 aromatic heterocycles. The van der Waals surface area contributed by atoms with Crippen molar-refractivity contribution in [1.82, 2.24) is 9.80 Å². The molecule has 1 N–H and O–H groups in total. The molecular formula is C12H20N2O4. The van der Waals surface area contributed by atoms with Crippen molar-refractivity contribution in [1.29, 1.82) is 0 Å². The monoisotopic (exact) mass is 256 g/mol. The van der Waals surface area contributed by atoms with Crippen LogP contribution < -0.4 is 0 Å². The van der Waals surface area contributed by atoms with Crippen LogP contribution in [-0.2, 0) is 9.53 Å². The lowest BCUT2D eigenvalue weighted by Gasteiger charge is -2.32. The van der Waals surface area contributed by atoms with Gasteiger partial charge in [-0.25, -0.2) is 4.79 Å². The Morgan fingerprint density at radius 3 is 2.67 bits per heavy atom. The van der Waals surface area contributed by atoms with Crippen molar-refractivity contribution in [2.45, 2.75) is 13.0 Å². The number of ether oxygens (including phenoxy) is 1. The van der Waals surface area contributed by atoms with E-state index in [4.69, 9.17) is 9.84 Å². The zero-order valence-corrected chi connectivity index (χ0v) is 10.8. The van der Waals surface area contributed by atoms with Gasteiger partial charge in [0, 0.05) is 20.1 Å². The molecule has 2 atom stereocenters. The highest BCUT2D eigenvalue weighted by Crippen LogP contribution is 2.21. The number of likely N-dealkylation sites (N-methyl/N-ethyl adjacent to an activating group) is 2. The van der Waals surface area contributed by atoms with Gasteiger partial charge >= 0.3 is 12.0 Å². The van der Waals surface area contributed by atoms with E-state index in [1.54, 1.807) is 18.0 Å². The summed E-state index contributed by atoms with van der Waals surface area (Å²) in [6.45, 7) is 6.73. The van der Waals surface area contributed by atoms with E-state index in [2.05, 4.69) is 6.58 Å². The van der Waals surface area contributed by atoms with Gasteiger partial charge in [0.1, 0.15) is 5.92 Å². The predicted octanol–water partition coefficient (Wildman–Crippen LogP) is 0.646. The van der Waals surface area contributed by atoms with Crippen LogP contribution in [0.3, 0.4) is 0 Å². The van der Waals surface area contributed by atoms with E-state index in [1.165, 1.54) is 4.90 Å². The topological polar surface area (TPSA) is 70.1 Å². The summed E-state index contributed by atoms with van der Waals surface area (Å²) >= 11 is 0. The Morgan fingerprint density at radius 2 is 2.17 bits per heavy atom. The van der Waals surface area contributed by atoms with Gasteiger partial charge in [0.15, 0.2) is 0 Å². The molecule has 0 radical (unpaired) electrons. The number of rotatable bonds is 5. The minimum atomic E-state index is -0.921. The number of nitrogens with zero attached hydrogens (tertiary/aromatic N) is 2. The highest BCUT2D eigenvalue weighted by atomic mass is 16.5. The fraction of sp³-hybridized carbons (Fsp3) is 0.667. The Labute approximate surface area is 107 Å². The minimum absolute atomic E-state index is 0.162. The summed E-state index contributed by atoms with van der Waals surface area (Å²) in [6.07, 6.45) is 1.63. The van der Waals surface area contributed by atoms with Gasteiger partial charge in [-0.05, 0) is 6.92 Å². The van der Waals surface area contributed by atoms with Crippen LogP contribution in [-0.4, -0.2) is 66.3 Å². The first-order valence-electron chi connectivity index (χ1n) is 5.96. The van der Waals surface area contributed by atoms with E-state index in [0.29, 0.717) is 13.1 Å². The highest BCUT2D eigenvalue weighted by molar-refractivity contribution is 5.77. The van der Waals surface area contributed by atoms with Gasteiger partial charge in [0.05, 0.1) is 19.3 Å². The van der Waals surface area contributed by atoms with Crippen molar-refractivity contribution < 1.29 is 19.4 Å². The number of carboxylic acids is 1. The molecule has 102 valence electrons. The van der Waals surface area contributed by atoms with Crippen LogP contribution in [0.5, 0.6) is 0 Å². The van der Waals surface area contributed by atoms with E-state index in [1.807, 2.05) is 6.92 Å². The van der Waals surface area contributed by atoms with Crippen molar-refractivity contribution in [2.24, 2.45) is 5.92 Å². The molecule has 0 aromatic carbocycles. The van der Waals surface area contributed by atoms with Gasteiger partial charge in [0.25, 0.3) is 0 Å². The second-order valence-electron chi connectivity index (χ2n) is 4.29. The van der Waals surface area contributed by atoms with E-state index in [-0.39, 0.29) is 19.2 Å². The van der Waals surface area contributed by atoms with Crippen molar-refractivity contribution in [2.75, 3.05) is 33.4 Å². The molecule has 0 bridgehead atoms. The first-order valence-corrected chi connectivity index (χ1v) is 5.96. The highest BCUT2D eigenvalue weighted by Gasteiger charge is 2.40. The molecule has 1 fully saturated rings. The van der Waals surface area contributed by atoms with Crippen molar-refractivity contribution >= 4 is 12.0 Å². The molecule has 1 heterocycles. The predicted molar refractivity (Wildman–Crippen MR) is 66.3 cm³/mol. The maximum Gasteiger partial charge on any atom is 0.320 e. The van der Waals surface area contributed by atoms with Crippen LogP contribution in [0.1, 0.15) is 6.92 Å². The maximum absolute atomic E-state index is 12.2. The second kappa shape index (κ2) is 6.39. The zero-order chi connectivity index (χ0) is 13.7. The van der Waals surface area contributed by atoms with Crippen molar-refractivity contribution in [3.63, 3.8) is 0 Å². The Hall–Kier alpha value is -1.56. The fourth-order valence-electron chi connectivity index (χ4n) is 2.09. The van der Waals surface area contributed by atoms with Gasteiger partial charge in [-0.3, -0.25) is 4.79 Å². The summed E-state index contributed by atoms with van der Waals surface area (Å²) in [5.74, 6) is -1.57. The lowest BCUT2D eigenvalue weighted by Crippen LogP contribution is -2.50. The number of amides is 2. The molecule has 1 saturated heterocycles. The smallest absolute Gasteiger partial charge is 0.320 e. The number of carbonyl (C=O) groups excluding carboxylic acids is 1. The van der Waals surface area contributed by atoms with Crippen LogP contribution in [0.4, 0.5) is 4.79 Å². The third-order valence-corrected chi connectivity index (χ3v) is 3.08. The summed E-state index contributed by atoms with van der Waals surface area (Å²) in [4.78, 5) is 26.3. The molecule has 1 rings (SSSR count). The first-order chi connectivity index (χ1) is 8.52. The lowest BCUT2D eigenvalue weighted by molar-refractivity contribution is -0.142. The van der Waals surface area contributed by atoms with Crippen LogP contribution >= 0.6 is 0 Å². The molecule has 0 aliphatic carbocycles. The summed E-state index contributed by atoms with van der Waals surface area (Å²) in [5, 5.41) is 9.10. The Kier molecular flexibility index (Phi) is 5.15. The maximum atomic E-state index is 12.2. The van der Waals surface area contributed by atoms with E-state index in [0.717, 1.165) is 0 Å². The molecule has 2 amide bonds. The van der Waals surface area contributed by atoms with Crippen LogP contribution in [0.25, 0.3) is 0 Å². The first kappa shape index (κ1) is 14.5. The number of hydrogen-bond donors (Lipinski definition) is 1. The molecule has 1 aliphatic heterocycles. The molecule has 6 heteroatoms. The number of aliphatic carboxylic acids is 1. The lowest BCUT2D eigenvalue weighted by atomic mass is 10.0. The quantitative estimate of drug-likeness (QED) is 0.733. The molecule has 1 aliphatic rings. The van der Waals surface area contributed by atoms with E-state index < -0.39 is 17.9 Å². The average Bonchev–Trinajstić information content (AvgIpc) is 2.79. The van der Waals surface area contributed by atoms with Gasteiger partial charge in [-0.15, -0.1) is 6.58 Å². The largest absolute Gasteiger partial charge is 0.481 e. The summed E-state index contributed by atoms with van der Waals surface area (Å²) in [5.41, 5.74) is 0. The fourth-order valence-corrected chi connectivity index (χ4v) is 2.09. The molecule has 18 heavy (non-hydrogen) atoms. The number of urea groups is 1.